The average molecular weight is 568 g/mol. The van der Waals surface area contributed by atoms with Gasteiger partial charge in [0.25, 0.3) is 5.91 Å². The Bertz CT molecular complexity index is 1230. The molecule has 0 aromatic carbocycles. The Balaban J connectivity index is 1.49. The molecule has 0 radical (unpaired) electrons. The molecule has 0 aliphatic carbocycles. The number of nitrogens with two attached hydrogens (primary N) is 1. The lowest BCUT2D eigenvalue weighted by atomic mass is 9.82. The summed E-state index contributed by atoms with van der Waals surface area (Å²) in [5.74, 6) is 0.0567. The number of thioether (sulfide) groups is 2. The first-order valence-electron chi connectivity index (χ1n) is 10.6. The maximum Gasteiger partial charge on any atom is 0.313 e. The first-order chi connectivity index (χ1) is 17.8. The number of aliphatic hydroxyl groups excluding tert-OH is 1. The van der Waals surface area contributed by atoms with E-state index in [9.17, 15) is 24.6 Å². The van der Waals surface area contributed by atoms with Gasteiger partial charge in [-0.2, -0.15) is 5.21 Å². The maximum atomic E-state index is 13.0. The number of fused-ring (bicyclic) bond motifs is 1. The fourth-order valence-corrected chi connectivity index (χ4v) is 7.31. The number of terminal acetylenes is 1. The molecule has 2 aliphatic rings. The van der Waals surface area contributed by atoms with Crippen LogP contribution in [0.2, 0.25) is 0 Å². The van der Waals surface area contributed by atoms with Crippen molar-refractivity contribution in [3.05, 3.63) is 11.1 Å². The van der Waals surface area contributed by atoms with Gasteiger partial charge in [-0.25, -0.2) is 4.98 Å². The molecule has 18 heteroatoms. The summed E-state index contributed by atoms with van der Waals surface area (Å²) in [6, 6.07) is -0.917. The number of nitrogens with one attached hydrogen (secondary N) is 2. The summed E-state index contributed by atoms with van der Waals surface area (Å²) in [4.78, 5) is 48.9. The van der Waals surface area contributed by atoms with Gasteiger partial charge in [-0.05, 0) is 11.6 Å². The van der Waals surface area contributed by atoms with Crippen LogP contribution in [0.4, 0.5) is 5.13 Å². The van der Waals surface area contributed by atoms with E-state index in [0.29, 0.717) is 0 Å². The quantitative estimate of drug-likeness (QED) is 0.0527. The Kier molecular flexibility index (Phi) is 8.16. The van der Waals surface area contributed by atoms with E-state index < -0.39 is 39.9 Å². The van der Waals surface area contributed by atoms with Gasteiger partial charge in [-0.15, -0.1) is 39.7 Å². The zero-order valence-electron chi connectivity index (χ0n) is 18.9. The minimum atomic E-state index is -1.40. The number of nitrogens with zero attached hydrogens (tertiary/aromatic N) is 6. The van der Waals surface area contributed by atoms with Crippen molar-refractivity contribution < 1.29 is 29.4 Å². The summed E-state index contributed by atoms with van der Waals surface area (Å²) in [6.45, 7) is -0.564. The zero-order chi connectivity index (χ0) is 26.6. The number of H-pyrrole nitrogens is 1. The van der Waals surface area contributed by atoms with Crippen molar-refractivity contribution in [2.75, 3.05) is 31.2 Å². The van der Waals surface area contributed by atoms with Gasteiger partial charge in [-0.3, -0.25) is 14.4 Å². The molecule has 2 amide bonds. The van der Waals surface area contributed by atoms with Crippen LogP contribution in [0.3, 0.4) is 0 Å². The second kappa shape index (κ2) is 11.3. The number of rotatable bonds is 11. The molecule has 2 aliphatic heterocycles. The summed E-state index contributed by atoms with van der Waals surface area (Å²) in [5, 5.41) is 40.5. The normalized spacial score (nSPS) is 23.9. The number of thiazole rings is 1. The Morgan fingerprint density at radius 2 is 2.35 bits per heavy atom. The predicted molar refractivity (Wildman–Crippen MR) is 133 cm³/mol. The van der Waals surface area contributed by atoms with Crippen LogP contribution in [0.25, 0.3) is 0 Å². The van der Waals surface area contributed by atoms with Gasteiger partial charge in [0.2, 0.25) is 11.1 Å². The highest BCUT2D eigenvalue weighted by Gasteiger charge is 2.60. The number of aromatic amines is 1. The van der Waals surface area contributed by atoms with Crippen LogP contribution >= 0.6 is 34.9 Å². The van der Waals surface area contributed by atoms with Crippen LogP contribution in [-0.2, 0) is 19.2 Å². The van der Waals surface area contributed by atoms with Crippen LogP contribution in [0.5, 0.6) is 0 Å². The van der Waals surface area contributed by atoms with Crippen molar-refractivity contribution in [1.82, 2.24) is 35.8 Å². The minimum Gasteiger partial charge on any atom is -0.481 e. The number of amides is 2. The Labute approximate surface area is 222 Å². The van der Waals surface area contributed by atoms with Crippen LogP contribution < -0.4 is 11.1 Å². The molecule has 2 saturated heterocycles. The molecule has 196 valence electrons. The Hall–Kier alpha value is -3.40. The molecule has 2 fully saturated rings. The molecular weight excluding hydrogens is 546 g/mol. The first-order valence-corrected chi connectivity index (χ1v) is 13.4. The van der Waals surface area contributed by atoms with Gasteiger partial charge in [-0.1, -0.05) is 22.8 Å². The molecule has 0 bridgehead atoms. The molecule has 0 saturated carbocycles. The topological polar surface area (TPSA) is 222 Å². The highest BCUT2D eigenvalue weighted by molar-refractivity contribution is 8.01. The van der Waals surface area contributed by atoms with Gasteiger partial charge in [0.15, 0.2) is 17.5 Å². The zero-order valence-corrected chi connectivity index (χ0v) is 21.4. The number of hydrogen-bond donors (Lipinski definition) is 5. The largest absolute Gasteiger partial charge is 0.481 e. The molecule has 6 N–H and O–H groups in total. The number of anilines is 1. The molecule has 2 aromatic rings. The van der Waals surface area contributed by atoms with Crippen LogP contribution in [0.15, 0.2) is 15.7 Å². The van der Waals surface area contributed by atoms with Crippen LogP contribution in [0.1, 0.15) is 12.1 Å². The Morgan fingerprint density at radius 3 is 2.97 bits per heavy atom. The molecule has 3 unspecified atom stereocenters. The lowest BCUT2D eigenvalue weighted by molar-refractivity contribution is -0.158. The summed E-state index contributed by atoms with van der Waals surface area (Å²) in [6.07, 6.45) is 5.29. The molecule has 4 rings (SSSR count). The number of carbonyl (C=O) groups is 3. The second-order valence-corrected chi connectivity index (χ2v) is 11.0. The Morgan fingerprint density at radius 1 is 1.54 bits per heavy atom. The monoisotopic (exact) mass is 567 g/mol. The summed E-state index contributed by atoms with van der Waals surface area (Å²) >= 11 is 3.39. The number of hydrogen-bond acceptors (Lipinski definition) is 14. The predicted octanol–water partition coefficient (Wildman–Crippen LogP) is -1.39. The molecule has 0 spiro atoms. The number of carboxylic acids is 1. The number of tetrazole rings is 1. The van der Waals surface area contributed by atoms with E-state index >= 15 is 0 Å². The van der Waals surface area contributed by atoms with Crippen molar-refractivity contribution >= 4 is 63.5 Å². The summed E-state index contributed by atoms with van der Waals surface area (Å²) in [5.41, 5.74) is 4.23. The number of β-lactam (4-membered cyclic amide) rings is 1. The van der Waals surface area contributed by atoms with E-state index in [2.05, 4.69) is 42.0 Å². The first kappa shape index (κ1) is 26.7. The molecule has 4 atom stereocenters. The lowest BCUT2D eigenvalue weighted by Crippen LogP contribution is -2.75. The van der Waals surface area contributed by atoms with E-state index in [-0.39, 0.29) is 53.6 Å². The van der Waals surface area contributed by atoms with Crippen molar-refractivity contribution in [2.45, 2.75) is 28.2 Å². The van der Waals surface area contributed by atoms with E-state index in [1.54, 1.807) is 0 Å². The summed E-state index contributed by atoms with van der Waals surface area (Å²) in [7, 11) is 0. The lowest BCUT2D eigenvalue weighted by Gasteiger charge is -2.55. The number of aliphatic hydroxyl groups is 1. The number of oxime groups is 1. The highest BCUT2D eigenvalue weighted by Crippen LogP contribution is 2.48. The van der Waals surface area contributed by atoms with E-state index in [0.717, 1.165) is 23.1 Å². The van der Waals surface area contributed by atoms with Gasteiger partial charge in [0.1, 0.15) is 22.5 Å². The van der Waals surface area contributed by atoms with Crippen molar-refractivity contribution in [2.24, 2.45) is 10.6 Å². The third-order valence-corrected chi connectivity index (χ3v) is 9.26. The summed E-state index contributed by atoms with van der Waals surface area (Å²) < 4.78 is 0. The van der Waals surface area contributed by atoms with Gasteiger partial charge >= 0.3 is 5.97 Å². The highest BCUT2D eigenvalue weighted by atomic mass is 32.2. The molecule has 37 heavy (non-hydrogen) atoms. The number of aliphatic carboxylic acids is 1. The van der Waals surface area contributed by atoms with E-state index in [4.69, 9.17) is 17.0 Å². The number of carboxylic acid groups (broad SMARTS) is 1. The van der Waals surface area contributed by atoms with E-state index in [1.807, 2.05) is 0 Å². The third kappa shape index (κ3) is 5.34. The van der Waals surface area contributed by atoms with Gasteiger partial charge in [0, 0.05) is 29.5 Å². The minimum absolute atomic E-state index is 0.116. The second-order valence-electron chi connectivity index (χ2n) is 7.88. The SMILES string of the molecule is C#CCON=C(C(=O)NC1C(=O)N2CC(C(=O)O)(C(CCO)Sc3nn[nH]n3)CS[C@H]12)c1csc(N)n1. The number of nitrogen functional groups attached to an aromatic ring is 1. The van der Waals surface area contributed by atoms with Gasteiger partial charge in [0.05, 0.1) is 0 Å². The fraction of sp³-hybridized carbons (Fsp3) is 0.474. The van der Waals surface area contributed by atoms with E-state index in [1.165, 1.54) is 22.0 Å². The standard InChI is InChI=1S/C19H21N9O6S3/c1-2-5-34-25-11(9-6-35-17(20)21-9)13(30)22-12-14(31)28-7-19(16(32)33,8-36-15(12)28)10(3-4-29)37-18-23-26-27-24-18/h1,6,10,12,15,29H,3-5,7-8H2,(H2,20,21)(H,22,30)(H,32,33)(H,23,24,26,27)/t10?,12?,15-,19?/m1/s1. The number of aromatic nitrogens is 5. The van der Waals surface area contributed by atoms with Gasteiger partial charge < -0.3 is 31.0 Å². The maximum absolute atomic E-state index is 13.0. The fourth-order valence-electron chi connectivity index (χ4n) is 3.90. The molecule has 4 heterocycles. The third-order valence-electron chi connectivity index (χ3n) is 5.68. The molecule has 2 aromatic heterocycles. The van der Waals surface area contributed by atoms with Crippen molar-refractivity contribution in [3.8, 4) is 12.3 Å². The van der Waals surface area contributed by atoms with Crippen molar-refractivity contribution in [1.29, 1.82) is 0 Å². The smallest absolute Gasteiger partial charge is 0.313 e. The van der Waals surface area contributed by atoms with Crippen LogP contribution in [0, 0.1) is 17.8 Å². The van der Waals surface area contributed by atoms with Crippen molar-refractivity contribution in [3.63, 3.8) is 0 Å². The molecule has 15 nitrogen and oxygen atoms in total. The average Bonchev–Trinajstić information content (AvgIpc) is 3.56. The number of carbonyl (C=O) groups excluding carboxylic acids is 2. The van der Waals surface area contributed by atoms with Crippen LogP contribution in [-0.4, -0.2) is 106 Å². The molecular formula is C19H21N9O6S3.